The van der Waals surface area contributed by atoms with Crippen molar-refractivity contribution in [2.24, 2.45) is 0 Å². The Morgan fingerprint density at radius 2 is 1.93 bits per heavy atom. The number of halogens is 2. The number of sulfonamides is 1. The Morgan fingerprint density at radius 3 is 2.67 bits per heavy atom. The number of aromatic nitrogens is 2. The normalized spacial score (nSPS) is 11.6. The van der Waals surface area contributed by atoms with Gasteiger partial charge in [0.05, 0.1) is 28.4 Å². The molecule has 0 bridgehead atoms. The van der Waals surface area contributed by atoms with Gasteiger partial charge in [-0.3, -0.25) is 4.72 Å². The highest BCUT2D eigenvalue weighted by molar-refractivity contribution is 7.92. The molecule has 1 N–H and O–H groups in total. The summed E-state index contributed by atoms with van der Waals surface area (Å²) in [5.74, 6) is -0.368. The summed E-state index contributed by atoms with van der Waals surface area (Å²) < 4.78 is 48.7. The molecular weight excluding hydrogens is 429 g/mol. The molecule has 154 valence electrons. The van der Waals surface area contributed by atoms with Crippen molar-refractivity contribution < 1.29 is 17.5 Å². The number of hydrogen-bond acceptors (Lipinski definition) is 4. The molecule has 0 atom stereocenters. The number of nitrogens with one attached hydrogen (secondary N) is 1. The van der Waals surface area contributed by atoms with Crippen LogP contribution < -0.4 is 9.46 Å². The molecule has 0 spiro atoms. The van der Waals surface area contributed by atoms with Crippen LogP contribution in [0.4, 0.5) is 10.1 Å². The van der Waals surface area contributed by atoms with E-state index in [4.69, 9.17) is 16.3 Å². The fourth-order valence-electron chi connectivity index (χ4n) is 3.02. The molecule has 30 heavy (non-hydrogen) atoms. The molecule has 6 nitrogen and oxygen atoms in total. The number of nitrogens with zero attached hydrogens (tertiary/aromatic N) is 2. The maximum atomic E-state index is 13.4. The van der Waals surface area contributed by atoms with Crippen LogP contribution in [0.1, 0.15) is 5.56 Å². The number of hydrogen-bond donors (Lipinski definition) is 1. The van der Waals surface area contributed by atoms with Gasteiger partial charge in [0, 0.05) is 18.0 Å². The minimum absolute atomic E-state index is 0.162. The summed E-state index contributed by atoms with van der Waals surface area (Å²) in [4.78, 5) is 4.44. The third-order valence-electron chi connectivity index (χ3n) is 4.56. The van der Waals surface area contributed by atoms with Crippen LogP contribution in [0.2, 0.25) is 5.02 Å². The maximum absolute atomic E-state index is 13.4. The number of fused-ring (bicyclic) bond motifs is 1. The van der Waals surface area contributed by atoms with Gasteiger partial charge in [-0.1, -0.05) is 11.6 Å². The van der Waals surface area contributed by atoms with E-state index in [9.17, 15) is 12.8 Å². The lowest BCUT2D eigenvalue weighted by molar-refractivity contribution is 0.417. The van der Waals surface area contributed by atoms with E-state index in [1.54, 1.807) is 18.2 Å². The van der Waals surface area contributed by atoms with Crippen molar-refractivity contribution in [3.63, 3.8) is 0 Å². The number of imidazole rings is 1. The van der Waals surface area contributed by atoms with E-state index in [-0.39, 0.29) is 15.6 Å². The molecule has 0 aliphatic carbocycles. The Balaban J connectivity index is 1.74. The van der Waals surface area contributed by atoms with Crippen LogP contribution >= 0.6 is 11.6 Å². The lowest BCUT2D eigenvalue weighted by atomic mass is 10.1. The third-order valence-corrected chi connectivity index (χ3v) is 6.21. The number of aryl methyl sites for hydroxylation is 1. The molecule has 0 amide bonds. The molecule has 2 heterocycles. The van der Waals surface area contributed by atoms with Gasteiger partial charge in [0.15, 0.2) is 0 Å². The molecule has 0 saturated heterocycles. The van der Waals surface area contributed by atoms with Gasteiger partial charge in [0.25, 0.3) is 10.0 Å². The average Bonchev–Trinajstić information content (AvgIpc) is 3.12. The van der Waals surface area contributed by atoms with E-state index in [0.717, 1.165) is 29.4 Å². The first kappa shape index (κ1) is 20.2. The van der Waals surface area contributed by atoms with Crippen molar-refractivity contribution in [2.75, 3.05) is 11.8 Å². The zero-order chi connectivity index (χ0) is 21.5. The second-order valence-electron chi connectivity index (χ2n) is 6.69. The highest BCUT2D eigenvalue weighted by Crippen LogP contribution is 2.32. The van der Waals surface area contributed by atoms with E-state index in [1.807, 2.05) is 35.9 Å². The van der Waals surface area contributed by atoms with Crippen LogP contribution in [0.5, 0.6) is 5.75 Å². The first-order valence-corrected chi connectivity index (χ1v) is 10.7. The quantitative estimate of drug-likeness (QED) is 0.473. The van der Waals surface area contributed by atoms with Gasteiger partial charge in [0.1, 0.15) is 17.2 Å². The van der Waals surface area contributed by atoms with Gasteiger partial charge in [-0.25, -0.2) is 17.8 Å². The molecule has 0 radical (unpaired) electrons. The van der Waals surface area contributed by atoms with Gasteiger partial charge in [-0.05, 0) is 61.0 Å². The van der Waals surface area contributed by atoms with E-state index in [1.165, 1.54) is 7.11 Å². The number of benzene rings is 2. The van der Waals surface area contributed by atoms with Crippen LogP contribution in [-0.2, 0) is 10.0 Å². The van der Waals surface area contributed by atoms with Crippen molar-refractivity contribution in [3.05, 3.63) is 77.3 Å². The molecule has 2 aromatic carbocycles. The highest BCUT2D eigenvalue weighted by atomic mass is 35.5. The smallest absolute Gasteiger partial charge is 0.262 e. The molecule has 0 fully saturated rings. The Hall–Kier alpha value is -3.10. The molecule has 4 rings (SSSR count). The van der Waals surface area contributed by atoms with Crippen LogP contribution in [0.25, 0.3) is 16.9 Å². The van der Waals surface area contributed by atoms with Crippen molar-refractivity contribution in [3.8, 4) is 17.0 Å². The zero-order valence-electron chi connectivity index (χ0n) is 16.1. The first-order chi connectivity index (χ1) is 14.3. The molecular formula is C21H17ClFN3O3S. The van der Waals surface area contributed by atoms with Crippen molar-refractivity contribution in [1.29, 1.82) is 0 Å². The predicted octanol–water partition coefficient (Wildman–Crippen LogP) is 4.91. The van der Waals surface area contributed by atoms with Crippen LogP contribution in [0.3, 0.4) is 0 Å². The summed E-state index contributed by atoms with van der Waals surface area (Å²) in [7, 11) is -2.58. The van der Waals surface area contributed by atoms with Crippen LogP contribution in [0.15, 0.2) is 65.8 Å². The summed E-state index contributed by atoms with van der Waals surface area (Å²) in [6.07, 6.45) is 3.77. The molecule has 2 aromatic heterocycles. The first-order valence-electron chi connectivity index (χ1n) is 8.88. The number of rotatable bonds is 5. The second-order valence-corrected chi connectivity index (χ2v) is 8.78. The standard InChI is InChI=1S/C21H17ClFN3O3S/c1-13-7-8-26-12-19(24-21(26)9-13)14-3-6-20(29-2)18(10-14)25-30(27,28)15-4-5-17(23)16(22)11-15/h3-12,25H,1-2H3. The Morgan fingerprint density at radius 1 is 1.13 bits per heavy atom. The summed E-state index contributed by atoms with van der Waals surface area (Å²) in [6, 6.07) is 12.2. The predicted molar refractivity (Wildman–Crippen MR) is 114 cm³/mol. The Bertz CT molecular complexity index is 1370. The third kappa shape index (κ3) is 3.83. The summed E-state index contributed by atoms with van der Waals surface area (Å²) in [5.41, 5.74) is 3.47. The largest absolute Gasteiger partial charge is 0.495 e. The summed E-state index contributed by atoms with van der Waals surface area (Å²) in [5, 5.41) is -0.279. The van der Waals surface area contributed by atoms with Crippen LogP contribution in [0, 0.1) is 12.7 Å². The molecule has 0 aliphatic rings. The number of anilines is 1. The zero-order valence-corrected chi connectivity index (χ0v) is 17.6. The Kier molecular flexibility index (Phi) is 5.13. The average molecular weight is 446 g/mol. The minimum atomic E-state index is -4.02. The molecule has 0 saturated carbocycles. The van der Waals surface area contributed by atoms with Crippen molar-refractivity contribution >= 4 is 33.0 Å². The van der Waals surface area contributed by atoms with Gasteiger partial charge < -0.3 is 9.14 Å². The molecule has 4 aromatic rings. The fraction of sp³-hybridized carbons (Fsp3) is 0.0952. The summed E-state index contributed by atoms with van der Waals surface area (Å²) >= 11 is 5.73. The van der Waals surface area contributed by atoms with Crippen molar-refractivity contribution in [2.45, 2.75) is 11.8 Å². The van der Waals surface area contributed by atoms with Crippen molar-refractivity contribution in [1.82, 2.24) is 9.38 Å². The second kappa shape index (κ2) is 7.62. The van der Waals surface area contributed by atoms with Gasteiger partial charge >= 0.3 is 0 Å². The molecule has 0 unspecified atom stereocenters. The minimum Gasteiger partial charge on any atom is -0.495 e. The fourth-order valence-corrected chi connectivity index (χ4v) is 4.35. The number of methoxy groups -OCH3 is 1. The van der Waals surface area contributed by atoms with E-state index >= 15 is 0 Å². The maximum Gasteiger partial charge on any atom is 0.262 e. The van der Waals surface area contributed by atoms with Crippen LogP contribution in [-0.4, -0.2) is 24.9 Å². The lowest BCUT2D eigenvalue weighted by Crippen LogP contribution is -2.14. The van der Waals surface area contributed by atoms with E-state index in [2.05, 4.69) is 9.71 Å². The SMILES string of the molecule is COc1ccc(-c2cn3ccc(C)cc3n2)cc1NS(=O)(=O)c1ccc(F)c(Cl)c1. The number of ether oxygens (including phenoxy) is 1. The van der Waals surface area contributed by atoms with Gasteiger partial charge in [-0.2, -0.15) is 0 Å². The van der Waals surface area contributed by atoms with Gasteiger partial charge in [0.2, 0.25) is 0 Å². The highest BCUT2D eigenvalue weighted by Gasteiger charge is 2.19. The summed E-state index contributed by atoms with van der Waals surface area (Å²) in [6.45, 7) is 1.98. The lowest BCUT2D eigenvalue weighted by Gasteiger charge is -2.13. The molecule has 9 heteroatoms. The molecule has 0 aliphatic heterocycles. The van der Waals surface area contributed by atoms with E-state index in [0.29, 0.717) is 17.0 Å². The van der Waals surface area contributed by atoms with Gasteiger partial charge in [-0.15, -0.1) is 0 Å². The monoisotopic (exact) mass is 445 g/mol. The number of pyridine rings is 1. The Labute approximate surface area is 178 Å². The topological polar surface area (TPSA) is 72.7 Å². The van der Waals surface area contributed by atoms with E-state index < -0.39 is 15.8 Å².